The van der Waals surface area contributed by atoms with E-state index in [0.29, 0.717) is 0 Å². The number of aromatic carboxylic acids is 1. The van der Waals surface area contributed by atoms with E-state index >= 15 is 0 Å². The summed E-state index contributed by atoms with van der Waals surface area (Å²) in [6.07, 6.45) is 1.25. The number of rotatable bonds is 3. The van der Waals surface area contributed by atoms with Crippen LogP contribution in [0.3, 0.4) is 0 Å². The lowest BCUT2D eigenvalue weighted by Crippen LogP contribution is -2.05. The molecule has 0 fully saturated rings. The number of H-pyrrole nitrogens is 1. The molecule has 4 N–H and O–H groups in total. The number of hydrogen-bond acceptors (Lipinski definition) is 3. The van der Waals surface area contributed by atoms with E-state index in [1.165, 1.54) is 18.3 Å². The van der Waals surface area contributed by atoms with Gasteiger partial charge in [0.05, 0.1) is 0 Å². The second-order valence-electron chi connectivity index (χ2n) is 3.67. The van der Waals surface area contributed by atoms with Crippen molar-refractivity contribution in [2.75, 3.05) is 5.73 Å². The Kier molecular flexibility index (Phi) is 2.85. The summed E-state index contributed by atoms with van der Waals surface area (Å²) in [6, 6.07) is 4.62. The smallest absolute Gasteiger partial charge is 0.352 e. The van der Waals surface area contributed by atoms with E-state index < -0.39 is 17.6 Å². The van der Waals surface area contributed by atoms with E-state index in [4.69, 9.17) is 10.8 Å². The molecule has 1 aromatic heterocycles. The van der Waals surface area contributed by atoms with Gasteiger partial charge in [0.15, 0.2) is 5.78 Å². The molecule has 0 amide bonds. The molecule has 1 heterocycles. The molecule has 0 aliphatic rings. The Bertz CT molecular complexity index is 634. The number of nitrogens with one attached hydrogen (secondary N) is 1. The van der Waals surface area contributed by atoms with E-state index in [-0.39, 0.29) is 22.5 Å². The molecule has 0 spiro atoms. The lowest BCUT2D eigenvalue weighted by Gasteiger charge is -2.02. The topological polar surface area (TPSA) is 96.2 Å². The SMILES string of the molecule is Nc1ccc(F)cc1C(=O)c1c[nH]c(C(=O)O)c1. The van der Waals surface area contributed by atoms with Crippen molar-refractivity contribution < 1.29 is 19.1 Å². The second kappa shape index (κ2) is 4.33. The molecule has 0 radical (unpaired) electrons. The first-order valence-corrected chi connectivity index (χ1v) is 5.00. The van der Waals surface area contributed by atoms with Crippen molar-refractivity contribution in [3.63, 3.8) is 0 Å². The van der Waals surface area contributed by atoms with Gasteiger partial charge in [-0.1, -0.05) is 0 Å². The van der Waals surface area contributed by atoms with Crippen molar-refractivity contribution >= 4 is 17.4 Å². The van der Waals surface area contributed by atoms with Crippen molar-refractivity contribution in [3.05, 3.63) is 53.1 Å². The molecule has 0 aliphatic carbocycles. The number of aromatic nitrogens is 1. The summed E-state index contributed by atoms with van der Waals surface area (Å²) in [6.45, 7) is 0. The van der Waals surface area contributed by atoms with Gasteiger partial charge >= 0.3 is 5.97 Å². The number of anilines is 1. The molecule has 0 atom stereocenters. The first kappa shape index (κ1) is 11.8. The molecule has 0 unspecified atom stereocenters. The highest BCUT2D eigenvalue weighted by Gasteiger charge is 2.16. The van der Waals surface area contributed by atoms with Crippen LogP contribution < -0.4 is 5.73 Å². The van der Waals surface area contributed by atoms with Gasteiger partial charge in [0.2, 0.25) is 0 Å². The van der Waals surface area contributed by atoms with Crippen LogP contribution in [0.25, 0.3) is 0 Å². The van der Waals surface area contributed by atoms with Crippen LogP contribution in [0.5, 0.6) is 0 Å². The number of aromatic amines is 1. The van der Waals surface area contributed by atoms with Gasteiger partial charge in [0.1, 0.15) is 11.5 Å². The van der Waals surface area contributed by atoms with Crippen LogP contribution >= 0.6 is 0 Å². The molecule has 0 bridgehead atoms. The zero-order chi connectivity index (χ0) is 13.3. The Labute approximate surface area is 101 Å². The van der Waals surface area contributed by atoms with Crippen molar-refractivity contribution in [1.29, 1.82) is 0 Å². The summed E-state index contributed by atoms with van der Waals surface area (Å²) in [5, 5.41) is 8.72. The maximum Gasteiger partial charge on any atom is 0.352 e. The maximum absolute atomic E-state index is 13.0. The number of ketones is 1. The van der Waals surface area contributed by atoms with Crippen LogP contribution in [0.15, 0.2) is 30.5 Å². The first-order chi connectivity index (χ1) is 8.49. The lowest BCUT2D eigenvalue weighted by atomic mass is 10.0. The molecule has 0 saturated carbocycles. The summed E-state index contributed by atoms with van der Waals surface area (Å²) >= 11 is 0. The maximum atomic E-state index is 13.0. The summed E-state index contributed by atoms with van der Waals surface area (Å²) in [5.41, 5.74) is 5.72. The summed E-state index contributed by atoms with van der Waals surface area (Å²) < 4.78 is 13.0. The van der Waals surface area contributed by atoms with Gasteiger partial charge in [-0.05, 0) is 24.3 Å². The fraction of sp³-hybridized carbons (Fsp3) is 0. The van der Waals surface area contributed by atoms with Crippen LogP contribution in [0.1, 0.15) is 26.4 Å². The fourth-order valence-electron chi connectivity index (χ4n) is 1.53. The number of carbonyl (C=O) groups is 2. The Morgan fingerprint density at radius 3 is 2.61 bits per heavy atom. The Hall–Kier alpha value is -2.63. The standard InChI is InChI=1S/C12H9FN2O3/c13-7-1-2-9(14)8(4-7)11(16)6-3-10(12(17)18)15-5-6/h1-5,15H,14H2,(H,17,18). The molecule has 92 valence electrons. The van der Waals surface area contributed by atoms with Crippen LogP contribution in [-0.4, -0.2) is 21.8 Å². The lowest BCUT2D eigenvalue weighted by molar-refractivity contribution is 0.0691. The first-order valence-electron chi connectivity index (χ1n) is 5.00. The number of hydrogen-bond donors (Lipinski definition) is 3. The number of halogens is 1. The van der Waals surface area contributed by atoms with Gasteiger partial charge in [-0.25, -0.2) is 9.18 Å². The van der Waals surface area contributed by atoms with E-state index in [1.54, 1.807) is 0 Å². The zero-order valence-electron chi connectivity index (χ0n) is 9.11. The predicted molar refractivity (Wildman–Crippen MR) is 62.0 cm³/mol. The minimum Gasteiger partial charge on any atom is -0.477 e. The summed E-state index contributed by atoms with van der Waals surface area (Å²) in [4.78, 5) is 25.1. The number of nitrogens with two attached hydrogens (primary N) is 1. The van der Waals surface area contributed by atoms with E-state index in [0.717, 1.165) is 12.1 Å². The van der Waals surface area contributed by atoms with Crippen LogP contribution in [-0.2, 0) is 0 Å². The third-order valence-corrected chi connectivity index (χ3v) is 2.44. The Morgan fingerprint density at radius 2 is 2.00 bits per heavy atom. The molecular formula is C12H9FN2O3. The Balaban J connectivity index is 2.41. The zero-order valence-corrected chi connectivity index (χ0v) is 9.11. The highest BCUT2D eigenvalue weighted by Crippen LogP contribution is 2.18. The quantitative estimate of drug-likeness (QED) is 0.568. The molecule has 6 heteroatoms. The van der Waals surface area contributed by atoms with Crippen molar-refractivity contribution in [1.82, 2.24) is 4.98 Å². The van der Waals surface area contributed by atoms with Gasteiger partial charge in [-0.3, -0.25) is 4.79 Å². The molecule has 2 rings (SSSR count). The second-order valence-corrected chi connectivity index (χ2v) is 3.67. The van der Waals surface area contributed by atoms with Gasteiger partial charge in [0.25, 0.3) is 0 Å². The molecule has 18 heavy (non-hydrogen) atoms. The minimum absolute atomic E-state index is 0.00550. The average Bonchev–Trinajstić information content (AvgIpc) is 2.81. The van der Waals surface area contributed by atoms with Gasteiger partial charge in [0, 0.05) is 23.0 Å². The molecule has 5 nitrogen and oxygen atoms in total. The largest absolute Gasteiger partial charge is 0.477 e. The van der Waals surface area contributed by atoms with E-state index in [1.807, 2.05) is 0 Å². The van der Waals surface area contributed by atoms with E-state index in [9.17, 15) is 14.0 Å². The third-order valence-electron chi connectivity index (χ3n) is 2.44. The summed E-state index contributed by atoms with van der Waals surface area (Å²) in [5.74, 6) is -2.29. The van der Waals surface area contributed by atoms with Crippen molar-refractivity contribution in [3.8, 4) is 0 Å². The van der Waals surface area contributed by atoms with Crippen LogP contribution in [0, 0.1) is 5.82 Å². The number of carbonyl (C=O) groups excluding carboxylic acids is 1. The predicted octanol–water partition coefficient (Wildman–Crippen LogP) is 1.67. The molecule has 0 aliphatic heterocycles. The van der Waals surface area contributed by atoms with Crippen LogP contribution in [0.2, 0.25) is 0 Å². The molecular weight excluding hydrogens is 239 g/mol. The van der Waals surface area contributed by atoms with Crippen molar-refractivity contribution in [2.45, 2.75) is 0 Å². The van der Waals surface area contributed by atoms with Gasteiger partial charge < -0.3 is 15.8 Å². The van der Waals surface area contributed by atoms with Gasteiger partial charge in [-0.2, -0.15) is 0 Å². The molecule has 0 saturated heterocycles. The number of benzene rings is 1. The number of carboxylic acids is 1. The highest BCUT2D eigenvalue weighted by atomic mass is 19.1. The van der Waals surface area contributed by atoms with Crippen molar-refractivity contribution in [2.24, 2.45) is 0 Å². The Morgan fingerprint density at radius 1 is 1.28 bits per heavy atom. The summed E-state index contributed by atoms with van der Waals surface area (Å²) in [7, 11) is 0. The highest BCUT2D eigenvalue weighted by molar-refractivity contribution is 6.12. The van der Waals surface area contributed by atoms with Gasteiger partial charge in [-0.15, -0.1) is 0 Å². The molecule has 1 aromatic carbocycles. The minimum atomic E-state index is -1.18. The monoisotopic (exact) mass is 248 g/mol. The average molecular weight is 248 g/mol. The van der Waals surface area contributed by atoms with Crippen LogP contribution in [0.4, 0.5) is 10.1 Å². The normalized spacial score (nSPS) is 10.3. The number of nitrogen functional groups attached to an aromatic ring is 1. The third kappa shape index (κ3) is 2.08. The molecule has 2 aromatic rings. The number of carboxylic acid groups (broad SMARTS) is 1. The fourth-order valence-corrected chi connectivity index (χ4v) is 1.53. The van der Waals surface area contributed by atoms with E-state index in [2.05, 4.69) is 4.98 Å².